The van der Waals surface area contributed by atoms with Gasteiger partial charge in [-0.25, -0.2) is 0 Å². The first kappa shape index (κ1) is 16.5. The Morgan fingerprint density at radius 2 is 1.92 bits per heavy atom. The van der Waals surface area contributed by atoms with Gasteiger partial charge in [0.15, 0.2) is 11.5 Å². The lowest BCUT2D eigenvalue weighted by Crippen LogP contribution is -2.25. The van der Waals surface area contributed by atoms with Crippen molar-refractivity contribution in [2.75, 3.05) is 19.8 Å². The zero-order valence-electron chi connectivity index (χ0n) is 14.8. The molecule has 0 aliphatic carbocycles. The van der Waals surface area contributed by atoms with Crippen LogP contribution >= 0.6 is 0 Å². The molecule has 0 atom stereocenters. The van der Waals surface area contributed by atoms with E-state index in [1.807, 2.05) is 19.2 Å². The molecule has 2 heterocycles. The van der Waals surface area contributed by atoms with Gasteiger partial charge in [0.05, 0.1) is 13.2 Å². The Labute approximate surface area is 152 Å². The van der Waals surface area contributed by atoms with Gasteiger partial charge in [0, 0.05) is 42.7 Å². The maximum absolute atomic E-state index is 12.5. The molecule has 4 rings (SSSR count). The summed E-state index contributed by atoms with van der Waals surface area (Å²) in [6.45, 7) is 1.84. The highest BCUT2D eigenvalue weighted by Gasteiger charge is 2.14. The number of nitrogens with one attached hydrogen (secondary N) is 1. The number of amides is 1. The van der Waals surface area contributed by atoms with Crippen LogP contribution in [0.1, 0.15) is 22.3 Å². The lowest BCUT2D eigenvalue weighted by molar-refractivity contribution is 0.0953. The third-order valence-electron chi connectivity index (χ3n) is 4.67. The molecule has 0 fully saturated rings. The summed E-state index contributed by atoms with van der Waals surface area (Å²) in [5.41, 5.74) is 3.03. The molecular formula is C21H22N2O3. The van der Waals surface area contributed by atoms with Crippen LogP contribution in [0.2, 0.25) is 0 Å². The minimum atomic E-state index is -0.0964. The van der Waals surface area contributed by atoms with Crippen molar-refractivity contribution in [3.8, 4) is 11.5 Å². The number of carbonyl (C=O) groups is 1. The molecule has 1 N–H and O–H groups in total. The molecule has 1 aromatic heterocycles. The Bertz CT molecular complexity index is 946. The van der Waals surface area contributed by atoms with Crippen LogP contribution in [0.25, 0.3) is 10.9 Å². The van der Waals surface area contributed by atoms with Crippen molar-refractivity contribution in [1.82, 2.24) is 9.88 Å². The first-order chi connectivity index (χ1) is 12.7. The van der Waals surface area contributed by atoms with Crippen LogP contribution in [0.3, 0.4) is 0 Å². The molecule has 2 aromatic carbocycles. The van der Waals surface area contributed by atoms with Gasteiger partial charge in [0.1, 0.15) is 0 Å². The van der Waals surface area contributed by atoms with Gasteiger partial charge in [0.2, 0.25) is 0 Å². The second-order valence-electron chi connectivity index (χ2n) is 6.50. The molecule has 1 amide bonds. The lowest BCUT2D eigenvalue weighted by atomic mass is 10.1. The van der Waals surface area contributed by atoms with E-state index in [9.17, 15) is 4.79 Å². The molecule has 134 valence electrons. The minimum Gasteiger partial charge on any atom is -0.490 e. The molecule has 0 unspecified atom stereocenters. The number of hydrogen-bond acceptors (Lipinski definition) is 3. The SMILES string of the molecule is Cn1cc(CCNC(=O)c2ccc3c(c2)OCCCO3)c2ccccc21. The van der Waals surface area contributed by atoms with Crippen molar-refractivity contribution in [2.45, 2.75) is 12.8 Å². The second kappa shape index (κ2) is 7.12. The molecule has 5 heteroatoms. The van der Waals surface area contributed by atoms with E-state index in [1.165, 1.54) is 16.5 Å². The molecule has 0 bridgehead atoms. The smallest absolute Gasteiger partial charge is 0.251 e. The summed E-state index contributed by atoms with van der Waals surface area (Å²) >= 11 is 0. The Hall–Kier alpha value is -2.95. The van der Waals surface area contributed by atoms with Crippen LogP contribution in [0.5, 0.6) is 11.5 Å². The first-order valence-electron chi connectivity index (χ1n) is 8.93. The second-order valence-corrected chi connectivity index (χ2v) is 6.50. The van der Waals surface area contributed by atoms with Gasteiger partial charge in [-0.15, -0.1) is 0 Å². The van der Waals surface area contributed by atoms with E-state index in [0.717, 1.165) is 12.8 Å². The number of benzene rings is 2. The maximum Gasteiger partial charge on any atom is 0.251 e. The lowest BCUT2D eigenvalue weighted by Gasteiger charge is -2.10. The number of rotatable bonds is 4. The fraction of sp³-hybridized carbons (Fsp3) is 0.286. The van der Waals surface area contributed by atoms with E-state index in [1.54, 1.807) is 18.2 Å². The number of hydrogen-bond donors (Lipinski definition) is 1. The monoisotopic (exact) mass is 350 g/mol. The van der Waals surface area contributed by atoms with Crippen LogP contribution in [0.15, 0.2) is 48.7 Å². The number of para-hydroxylation sites is 1. The predicted molar refractivity (Wildman–Crippen MR) is 101 cm³/mol. The number of aryl methyl sites for hydroxylation is 1. The summed E-state index contributed by atoms with van der Waals surface area (Å²) in [6.07, 6.45) is 3.77. The molecule has 1 aliphatic rings. The predicted octanol–water partition coefficient (Wildman–Crippen LogP) is 3.31. The highest BCUT2D eigenvalue weighted by Crippen LogP contribution is 2.30. The van der Waals surface area contributed by atoms with E-state index in [-0.39, 0.29) is 5.91 Å². The Morgan fingerprint density at radius 1 is 1.12 bits per heavy atom. The summed E-state index contributed by atoms with van der Waals surface area (Å²) in [5, 5.41) is 4.24. The van der Waals surface area contributed by atoms with E-state index < -0.39 is 0 Å². The van der Waals surface area contributed by atoms with Gasteiger partial charge in [-0.2, -0.15) is 0 Å². The van der Waals surface area contributed by atoms with E-state index in [0.29, 0.717) is 36.8 Å². The zero-order chi connectivity index (χ0) is 17.9. The van der Waals surface area contributed by atoms with Gasteiger partial charge < -0.3 is 19.4 Å². The fourth-order valence-electron chi connectivity index (χ4n) is 3.34. The van der Waals surface area contributed by atoms with Crippen LogP contribution in [-0.4, -0.2) is 30.2 Å². The molecule has 0 radical (unpaired) electrons. The summed E-state index contributed by atoms with van der Waals surface area (Å²) in [6, 6.07) is 13.7. The normalized spacial score (nSPS) is 13.4. The summed E-state index contributed by atoms with van der Waals surface area (Å²) in [4.78, 5) is 12.5. The summed E-state index contributed by atoms with van der Waals surface area (Å²) in [7, 11) is 2.04. The molecule has 0 spiro atoms. The third-order valence-corrected chi connectivity index (χ3v) is 4.67. The number of ether oxygens (including phenoxy) is 2. The van der Waals surface area contributed by atoms with E-state index in [4.69, 9.17) is 9.47 Å². The maximum atomic E-state index is 12.5. The van der Waals surface area contributed by atoms with Gasteiger partial charge in [-0.1, -0.05) is 18.2 Å². The Morgan fingerprint density at radius 3 is 2.81 bits per heavy atom. The Balaban J connectivity index is 1.42. The van der Waals surface area contributed by atoms with Gasteiger partial charge in [0.25, 0.3) is 5.91 Å². The van der Waals surface area contributed by atoms with Crippen LogP contribution in [0.4, 0.5) is 0 Å². The average Bonchev–Trinajstić information content (AvgIpc) is 2.83. The number of carbonyl (C=O) groups excluding carboxylic acids is 1. The van der Waals surface area contributed by atoms with E-state index in [2.05, 4.69) is 28.2 Å². The van der Waals surface area contributed by atoms with Crippen molar-refractivity contribution in [3.05, 3.63) is 59.8 Å². The highest BCUT2D eigenvalue weighted by molar-refractivity contribution is 5.95. The summed E-state index contributed by atoms with van der Waals surface area (Å²) < 4.78 is 13.4. The fourth-order valence-corrected chi connectivity index (χ4v) is 3.34. The third kappa shape index (κ3) is 3.25. The molecule has 26 heavy (non-hydrogen) atoms. The molecule has 5 nitrogen and oxygen atoms in total. The standard InChI is InChI=1S/C21H22N2O3/c1-23-14-16(17-5-2-3-6-18(17)23)9-10-22-21(24)15-7-8-19-20(13-15)26-12-4-11-25-19/h2-3,5-8,13-14H,4,9-12H2,1H3,(H,22,24). The zero-order valence-corrected chi connectivity index (χ0v) is 14.8. The number of aromatic nitrogens is 1. The molecule has 0 saturated carbocycles. The first-order valence-corrected chi connectivity index (χ1v) is 8.93. The van der Waals surface area contributed by atoms with Crippen molar-refractivity contribution in [3.63, 3.8) is 0 Å². The quantitative estimate of drug-likeness (QED) is 0.785. The molecule has 0 saturated heterocycles. The minimum absolute atomic E-state index is 0.0964. The molecule has 3 aromatic rings. The Kier molecular flexibility index (Phi) is 4.52. The van der Waals surface area contributed by atoms with E-state index >= 15 is 0 Å². The highest BCUT2D eigenvalue weighted by atomic mass is 16.5. The van der Waals surface area contributed by atoms with Crippen LogP contribution in [-0.2, 0) is 13.5 Å². The number of nitrogens with zero attached hydrogens (tertiary/aromatic N) is 1. The van der Waals surface area contributed by atoms with Gasteiger partial charge in [-0.3, -0.25) is 4.79 Å². The van der Waals surface area contributed by atoms with Gasteiger partial charge in [-0.05, 0) is 36.2 Å². The number of fused-ring (bicyclic) bond motifs is 2. The molecular weight excluding hydrogens is 328 g/mol. The van der Waals surface area contributed by atoms with Gasteiger partial charge >= 0.3 is 0 Å². The average molecular weight is 350 g/mol. The largest absolute Gasteiger partial charge is 0.490 e. The van der Waals surface area contributed by atoms with Crippen LogP contribution in [0, 0.1) is 0 Å². The summed E-state index contributed by atoms with van der Waals surface area (Å²) in [5.74, 6) is 1.25. The van der Waals surface area contributed by atoms with Crippen molar-refractivity contribution >= 4 is 16.8 Å². The van der Waals surface area contributed by atoms with Crippen LogP contribution < -0.4 is 14.8 Å². The van der Waals surface area contributed by atoms with Crippen molar-refractivity contribution < 1.29 is 14.3 Å². The topological polar surface area (TPSA) is 52.5 Å². The van der Waals surface area contributed by atoms with Crippen molar-refractivity contribution in [1.29, 1.82) is 0 Å². The molecule has 1 aliphatic heterocycles. The van der Waals surface area contributed by atoms with Crippen molar-refractivity contribution in [2.24, 2.45) is 7.05 Å².